The first-order chi connectivity index (χ1) is 16.1. The number of carbonyl (C=O) groups is 2. The van der Waals surface area contributed by atoms with Gasteiger partial charge in [-0.2, -0.15) is 0 Å². The van der Waals surface area contributed by atoms with Crippen LogP contribution in [0.3, 0.4) is 0 Å². The highest BCUT2D eigenvalue weighted by molar-refractivity contribution is 6.46. The van der Waals surface area contributed by atoms with Crippen molar-refractivity contribution in [2.75, 3.05) is 20.3 Å². The number of nitrogens with zero attached hydrogens (tertiary/aromatic N) is 1. The molecule has 1 aliphatic rings. The first-order valence-corrected chi connectivity index (χ1v) is 11.5. The largest absolute Gasteiger partial charge is 0.507 e. The predicted octanol–water partition coefficient (Wildman–Crippen LogP) is 4.64. The quantitative estimate of drug-likeness (QED) is 0.329. The Labute approximate surface area is 200 Å². The summed E-state index contributed by atoms with van der Waals surface area (Å²) < 4.78 is 17.0. The Bertz CT molecular complexity index is 1090. The monoisotopic (exact) mass is 467 g/mol. The molecule has 1 heterocycles. The molecule has 0 radical (unpaired) electrons. The number of methoxy groups -OCH3 is 1. The van der Waals surface area contributed by atoms with Crippen molar-refractivity contribution < 1.29 is 28.9 Å². The van der Waals surface area contributed by atoms with E-state index in [9.17, 15) is 14.7 Å². The number of hydrogen-bond donors (Lipinski definition) is 1. The molecule has 0 aliphatic carbocycles. The summed E-state index contributed by atoms with van der Waals surface area (Å²) in [5.74, 6) is -0.439. The van der Waals surface area contributed by atoms with Crippen LogP contribution in [0.5, 0.6) is 11.5 Å². The maximum atomic E-state index is 13.2. The number of aryl methyl sites for hydroxylation is 1. The number of likely N-dealkylation sites (tertiary alicyclic amines) is 1. The molecule has 1 fully saturated rings. The maximum absolute atomic E-state index is 13.2. The fourth-order valence-corrected chi connectivity index (χ4v) is 4.05. The van der Waals surface area contributed by atoms with E-state index in [2.05, 4.69) is 0 Å². The van der Waals surface area contributed by atoms with Crippen molar-refractivity contribution in [1.29, 1.82) is 0 Å². The van der Waals surface area contributed by atoms with E-state index in [0.717, 1.165) is 5.56 Å². The third-order valence-electron chi connectivity index (χ3n) is 5.57. The van der Waals surface area contributed by atoms with Crippen LogP contribution in [0, 0.1) is 6.92 Å². The Balaban J connectivity index is 2.12. The second kappa shape index (κ2) is 10.7. The summed E-state index contributed by atoms with van der Waals surface area (Å²) in [6.07, 6.45) is -0.0156. The number of hydrogen-bond acceptors (Lipinski definition) is 6. The van der Waals surface area contributed by atoms with Gasteiger partial charge < -0.3 is 24.2 Å². The molecule has 0 saturated carbocycles. The van der Waals surface area contributed by atoms with Gasteiger partial charge in [-0.1, -0.05) is 18.2 Å². The summed E-state index contributed by atoms with van der Waals surface area (Å²) in [6, 6.07) is 11.6. The zero-order valence-electron chi connectivity index (χ0n) is 20.6. The molecule has 7 nitrogen and oxygen atoms in total. The number of ether oxygens (including phenoxy) is 3. The van der Waals surface area contributed by atoms with Gasteiger partial charge in [0.15, 0.2) is 0 Å². The lowest BCUT2D eigenvalue weighted by molar-refractivity contribution is -0.140. The number of Topliss-reactive ketones (excluding diaryl/α,β-unsaturated/α-hetero) is 1. The van der Waals surface area contributed by atoms with Gasteiger partial charge in [0.25, 0.3) is 11.7 Å². The van der Waals surface area contributed by atoms with Crippen molar-refractivity contribution in [1.82, 2.24) is 4.90 Å². The number of aliphatic hydroxyl groups excluding tert-OH is 1. The molecule has 0 bridgehead atoms. The molecule has 0 spiro atoms. The van der Waals surface area contributed by atoms with Gasteiger partial charge in [0.05, 0.1) is 37.5 Å². The van der Waals surface area contributed by atoms with Crippen LogP contribution in [0.1, 0.15) is 50.4 Å². The predicted molar refractivity (Wildman–Crippen MR) is 130 cm³/mol. The Kier molecular flexibility index (Phi) is 7.99. The number of benzene rings is 2. The Morgan fingerprint density at radius 2 is 1.74 bits per heavy atom. The molecule has 1 aliphatic heterocycles. The third kappa shape index (κ3) is 5.25. The molecule has 3 rings (SSSR count). The normalized spacial score (nSPS) is 17.6. The number of ketones is 1. The molecule has 1 unspecified atom stereocenters. The lowest BCUT2D eigenvalue weighted by atomic mass is 9.94. The van der Waals surface area contributed by atoms with Crippen molar-refractivity contribution in [3.05, 3.63) is 64.7 Å². The standard InChI is InChI=1S/C27H33NO6/c1-16(2)33-14-13-28-24(20-9-7-8-10-22(20)32-6)23(26(30)27(28)31)25(29)19-11-12-21(18(5)15-19)34-17(3)4/h7-12,15-17,24,29H,13-14H2,1-6H3/b25-23+. The minimum Gasteiger partial charge on any atom is -0.507 e. The Hall–Kier alpha value is -3.32. The van der Waals surface area contributed by atoms with Crippen LogP contribution >= 0.6 is 0 Å². The third-order valence-corrected chi connectivity index (χ3v) is 5.57. The van der Waals surface area contributed by atoms with Crippen LogP contribution in [0.2, 0.25) is 0 Å². The van der Waals surface area contributed by atoms with E-state index in [0.29, 0.717) is 22.6 Å². The number of rotatable bonds is 9. The van der Waals surface area contributed by atoms with Gasteiger partial charge in [-0.3, -0.25) is 9.59 Å². The number of para-hydroxylation sites is 1. The average Bonchev–Trinajstić information content (AvgIpc) is 3.04. The molecule has 2 aromatic carbocycles. The highest BCUT2D eigenvalue weighted by atomic mass is 16.5. The van der Waals surface area contributed by atoms with E-state index >= 15 is 0 Å². The van der Waals surface area contributed by atoms with Gasteiger partial charge in [0.1, 0.15) is 17.3 Å². The fraction of sp³-hybridized carbons (Fsp3) is 0.407. The Morgan fingerprint density at radius 1 is 1.03 bits per heavy atom. The van der Waals surface area contributed by atoms with Crippen molar-refractivity contribution >= 4 is 17.4 Å². The van der Waals surface area contributed by atoms with Crippen molar-refractivity contribution in [3.8, 4) is 11.5 Å². The summed E-state index contributed by atoms with van der Waals surface area (Å²) in [6.45, 7) is 10.0. The van der Waals surface area contributed by atoms with Crippen molar-refractivity contribution in [2.45, 2.75) is 52.9 Å². The molecule has 2 aromatic rings. The smallest absolute Gasteiger partial charge is 0.295 e. The molecule has 0 aromatic heterocycles. The van der Waals surface area contributed by atoms with Gasteiger partial charge in [-0.05, 0) is 64.4 Å². The summed E-state index contributed by atoms with van der Waals surface area (Å²) in [5.41, 5.74) is 1.89. The minimum absolute atomic E-state index is 0.00192. The van der Waals surface area contributed by atoms with E-state index in [1.165, 1.54) is 12.0 Å². The van der Waals surface area contributed by atoms with Gasteiger partial charge in [0.2, 0.25) is 0 Å². The highest BCUT2D eigenvalue weighted by Crippen LogP contribution is 2.42. The van der Waals surface area contributed by atoms with Gasteiger partial charge in [-0.25, -0.2) is 0 Å². The first kappa shape index (κ1) is 25.3. The van der Waals surface area contributed by atoms with Gasteiger partial charge >= 0.3 is 0 Å². The average molecular weight is 468 g/mol. The van der Waals surface area contributed by atoms with E-state index in [4.69, 9.17) is 14.2 Å². The SMILES string of the molecule is COc1ccccc1C1/C(=C(\O)c2ccc(OC(C)C)c(C)c2)C(=O)C(=O)N1CCOC(C)C. The minimum atomic E-state index is -0.807. The summed E-state index contributed by atoms with van der Waals surface area (Å²) >= 11 is 0. The van der Waals surface area contributed by atoms with Crippen LogP contribution in [0.25, 0.3) is 5.76 Å². The second-order valence-corrected chi connectivity index (χ2v) is 8.80. The van der Waals surface area contributed by atoms with Crippen LogP contribution in [0.4, 0.5) is 0 Å². The molecule has 7 heteroatoms. The lowest BCUT2D eigenvalue weighted by Gasteiger charge is -2.26. The number of aliphatic hydroxyl groups is 1. The summed E-state index contributed by atoms with van der Waals surface area (Å²) in [7, 11) is 1.53. The molecule has 34 heavy (non-hydrogen) atoms. The van der Waals surface area contributed by atoms with Crippen LogP contribution in [0.15, 0.2) is 48.0 Å². The van der Waals surface area contributed by atoms with E-state index in [1.54, 1.807) is 30.3 Å². The van der Waals surface area contributed by atoms with Crippen molar-refractivity contribution in [3.63, 3.8) is 0 Å². The van der Waals surface area contributed by atoms with E-state index in [1.807, 2.05) is 46.8 Å². The first-order valence-electron chi connectivity index (χ1n) is 11.5. The molecular weight excluding hydrogens is 434 g/mol. The van der Waals surface area contributed by atoms with Crippen LogP contribution in [-0.4, -0.2) is 54.2 Å². The zero-order valence-corrected chi connectivity index (χ0v) is 20.6. The molecular formula is C27H33NO6. The molecule has 1 saturated heterocycles. The number of amides is 1. The zero-order chi connectivity index (χ0) is 25.0. The molecule has 182 valence electrons. The van der Waals surface area contributed by atoms with E-state index < -0.39 is 17.7 Å². The topological polar surface area (TPSA) is 85.3 Å². The highest BCUT2D eigenvalue weighted by Gasteiger charge is 2.46. The maximum Gasteiger partial charge on any atom is 0.295 e. The molecule has 1 N–H and O–H groups in total. The number of carbonyl (C=O) groups excluding carboxylic acids is 2. The van der Waals surface area contributed by atoms with E-state index in [-0.39, 0.29) is 36.7 Å². The van der Waals surface area contributed by atoms with Gasteiger partial charge in [-0.15, -0.1) is 0 Å². The van der Waals surface area contributed by atoms with Gasteiger partial charge in [0, 0.05) is 17.7 Å². The molecule has 1 amide bonds. The summed E-state index contributed by atoms with van der Waals surface area (Å²) in [5, 5.41) is 11.3. The van der Waals surface area contributed by atoms with Crippen molar-refractivity contribution in [2.24, 2.45) is 0 Å². The van der Waals surface area contributed by atoms with Crippen LogP contribution < -0.4 is 9.47 Å². The summed E-state index contributed by atoms with van der Waals surface area (Å²) in [4.78, 5) is 27.7. The Morgan fingerprint density at radius 3 is 2.35 bits per heavy atom. The second-order valence-electron chi connectivity index (χ2n) is 8.80. The molecule has 1 atom stereocenters. The lowest BCUT2D eigenvalue weighted by Crippen LogP contribution is -2.33. The fourth-order valence-electron chi connectivity index (χ4n) is 4.05. The van der Waals surface area contributed by atoms with Crippen LogP contribution in [-0.2, 0) is 14.3 Å².